The highest BCUT2D eigenvalue weighted by Crippen LogP contribution is 2.27. The van der Waals surface area contributed by atoms with E-state index < -0.39 is 18.3 Å². The summed E-state index contributed by atoms with van der Waals surface area (Å²) < 4.78 is 26.0. The fourth-order valence-electron chi connectivity index (χ4n) is 5.20. The number of ether oxygens (including phenoxy) is 4. The molecule has 1 aliphatic heterocycles. The molecule has 2 N–H and O–H groups in total. The Morgan fingerprint density at radius 2 is 0.829 bits per heavy atom. The molecule has 1 heterocycles. The van der Waals surface area contributed by atoms with E-state index in [2.05, 4.69) is 17.4 Å². The summed E-state index contributed by atoms with van der Waals surface area (Å²) in [5, 5.41) is 14.1. The van der Waals surface area contributed by atoms with Gasteiger partial charge in [-0.1, -0.05) is 121 Å². The summed E-state index contributed by atoms with van der Waals surface area (Å²) in [5.74, 6) is 0. The third kappa shape index (κ3) is 8.57. The first kappa shape index (κ1) is 29.1. The van der Waals surface area contributed by atoms with Crippen LogP contribution < -0.4 is 5.32 Å². The fraction of sp³-hybridized carbons (Fsp3) is 0.314. The van der Waals surface area contributed by atoms with E-state index in [-0.39, 0.29) is 18.7 Å². The van der Waals surface area contributed by atoms with Gasteiger partial charge >= 0.3 is 0 Å². The van der Waals surface area contributed by atoms with E-state index in [0.717, 1.165) is 22.3 Å². The molecular weight excluding hydrogens is 514 g/mol. The maximum atomic E-state index is 10.5. The molecule has 5 rings (SSSR count). The van der Waals surface area contributed by atoms with Gasteiger partial charge in [0.15, 0.2) is 0 Å². The van der Waals surface area contributed by atoms with E-state index in [1.165, 1.54) is 0 Å². The van der Waals surface area contributed by atoms with Gasteiger partial charge in [-0.15, -0.1) is 0 Å². The SMILES string of the molecule is OC[C@@H]1N[C@H](COCc2ccccc2)[C@@H](OCc2ccccc2)[C@H](OCc2ccccc2)[C@H]1OCc1ccccc1. The quantitative estimate of drug-likeness (QED) is 0.221. The molecule has 0 bridgehead atoms. The summed E-state index contributed by atoms with van der Waals surface area (Å²) in [6, 6.07) is 39.8. The number of rotatable bonds is 14. The average molecular weight is 554 g/mol. The third-order valence-corrected chi connectivity index (χ3v) is 7.33. The van der Waals surface area contributed by atoms with E-state index >= 15 is 0 Å². The van der Waals surface area contributed by atoms with Gasteiger partial charge in [0.1, 0.15) is 18.3 Å². The zero-order valence-corrected chi connectivity index (χ0v) is 23.3. The molecule has 41 heavy (non-hydrogen) atoms. The smallest absolute Gasteiger partial charge is 0.113 e. The molecule has 6 nitrogen and oxygen atoms in total. The standard InChI is InChI=1S/C35H39NO5/c37-21-31-33(39-23-28-15-7-2-8-16-28)35(41-25-30-19-11-4-12-20-30)34(40-24-29-17-9-3-10-18-29)32(36-31)26-38-22-27-13-5-1-6-14-27/h1-20,31-37H,21-26H2/t31-,32+,33-,34+,35+/m0/s1. The molecule has 6 heteroatoms. The monoisotopic (exact) mass is 553 g/mol. The highest BCUT2D eigenvalue weighted by molar-refractivity contribution is 5.17. The second-order valence-electron chi connectivity index (χ2n) is 10.3. The maximum absolute atomic E-state index is 10.5. The van der Waals surface area contributed by atoms with Crippen molar-refractivity contribution < 1.29 is 24.1 Å². The van der Waals surface area contributed by atoms with Crippen LogP contribution in [0.15, 0.2) is 121 Å². The molecule has 0 unspecified atom stereocenters. The van der Waals surface area contributed by atoms with Gasteiger partial charge < -0.3 is 29.4 Å². The maximum Gasteiger partial charge on any atom is 0.113 e. The number of hydrogen-bond acceptors (Lipinski definition) is 6. The number of benzene rings is 4. The number of nitrogens with one attached hydrogen (secondary N) is 1. The molecule has 0 spiro atoms. The van der Waals surface area contributed by atoms with Crippen LogP contribution in [-0.4, -0.2) is 48.7 Å². The van der Waals surface area contributed by atoms with Crippen LogP contribution in [0.3, 0.4) is 0 Å². The lowest BCUT2D eigenvalue weighted by atomic mass is 9.89. The Labute approximate surface area is 242 Å². The second-order valence-corrected chi connectivity index (χ2v) is 10.3. The number of piperidine rings is 1. The van der Waals surface area contributed by atoms with Gasteiger partial charge in [-0.3, -0.25) is 0 Å². The van der Waals surface area contributed by atoms with Crippen LogP contribution >= 0.6 is 0 Å². The van der Waals surface area contributed by atoms with Gasteiger partial charge in [0.25, 0.3) is 0 Å². The summed E-state index contributed by atoms with van der Waals surface area (Å²) in [6.45, 7) is 1.99. The van der Waals surface area contributed by atoms with Gasteiger partial charge in [0.05, 0.1) is 51.7 Å². The fourth-order valence-corrected chi connectivity index (χ4v) is 5.20. The minimum absolute atomic E-state index is 0.106. The van der Waals surface area contributed by atoms with Crippen LogP contribution in [0.2, 0.25) is 0 Å². The number of aliphatic hydroxyl groups is 1. The Balaban J connectivity index is 1.38. The summed E-state index contributed by atoms with van der Waals surface area (Å²) >= 11 is 0. The van der Waals surface area contributed by atoms with E-state index in [1.807, 2.05) is 109 Å². The van der Waals surface area contributed by atoms with Crippen molar-refractivity contribution in [3.05, 3.63) is 144 Å². The Bertz CT molecular complexity index is 1260. The first-order valence-electron chi connectivity index (χ1n) is 14.3. The van der Waals surface area contributed by atoms with Crippen LogP contribution in [0.4, 0.5) is 0 Å². The largest absolute Gasteiger partial charge is 0.395 e. The van der Waals surface area contributed by atoms with Crippen LogP contribution in [0, 0.1) is 0 Å². The zero-order chi connectivity index (χ0) is 28.1. The highest BCUT2D eigenvalue weighted by atomic mass is 16.6. The van der Waals surface area contributed by atoms with E-state index in [9.17, 15) is 5.11 Å². The predicted molar refractivity (Wildman–Crippen MR) is 159 cm³/mol. The normalized spacial score (nSPS) is 22.4. The second kappa shape index (κ2) is 15.6. The van der Waals surface area contributed by atoms with Crippen molar-refractivity contribution in [2.45, 2.75) is 56.8 Å². The minimum atomic E-state index is -0.452. The van der Waals surface area contributed by atoms with Gasteiger partial charge in [-0.25, -0.2) is 0 Å². The van der Waals surface area contributed by atoms with Crippen LogP contribution in [-0.2, 0) is 45.4 Å². The molecular formula is C35H39NO5. The molecule has 0 amide bonds. The number of aliphatic hydroxyl groups excluding tert-OH is 1. The molecule has 4 aromatic carbocycles. The van der Waals surface area contributed by atoms with Crippen molar-refractivity contribution in [3.8, 4) is 0 Å². The molecule has 1 saturated heterocycles. The van der Waals surface area contributed by atoms with Crippen molar-refractivity contribution in [1.82, 2.24) is 5.32 Å². The molecule has 0 aromatic heterocycles. The van der Waals surface area contributed by atoms with E-state index in [4.69, 9.17) is 18.9 Å². The minimum Gasteiger partial charge on any atom is -0.395 e. The van der Waals surface area contributed by atoms with Crippen LogP contribution in [0.5, 0.6) is 0 Å². The van der Waals surface area contributed by atoms with Gasteiger partial charge in [-0.2, -0.15) is 0 Å². The summed E-state index contributed by atoms with van der Waals surface area (Å²) in [7, 11) is 0. The van der Waals surface area contributed by atoms with Gasteiger partial charge in [-0.05, 0) is 22.3 Å². The first-order chi connectivity index (χ1) is 20.3. The van der Waals surface area contributed by atoms with Crippen LogP contribution in [0.25, 0.3) is 0 Å². The molecule has 1 fully saturated rings. The summed E-state index contributed by atoms with van der Waals surface area (Å²) in [4.78, 5) is 0. The Hall–Kier alpha value is -3.36. The molecule has 0 aliphatic carbocycles. The van der Waals surface area contributed by atoms with Gasteiger partial charge in [0, 0.05) is 0 Å². The Morgan fingerprint density at radius 3 is 1.24 bits per heavy atom. The summed E-state index contributed by atoms with van der Waals surface area (Å²) in [6.07, 6.45) is -1.29. The topological polar surface area (TPSA) is 69.2 Å². The van der Waals surface area contributed by atoms with Crippen molar-refractivity contribution in [1.29, 1.82) is 0 Å². The molecule has 214 valence electrons. The third-order valence-electron chi connectivity index (χ3n) is 7.33. The Morgan fingerprint density at radius 1 is 0.463 bits per heavy atom. The van der Waals surface area contributed by atoms with E-state index in [0.29, 0.717) is 33.0 Å². The lowest BCUT2D eigenvalue weighted by Crippen LogP contribution is -2.68. The first-order valence-corrected chi connectivity index (χ1v) is 14.3. The van der Waals surface area contributed by atoms with Crippen molar-refractivity contribution in [2.24, 2.45) is 0 Å². The molecule has 0 saturated carbocycles. The highest BCUT2D eigenvalue weighted by Gasteiger charge is 2.47. The average Bonchev–Trinajstić information content (AvgIpc) is 3.04. The van der Waals surface area contributed by atoms with Crippen molar-refractivity contribution in [2.75, 3.05) is 13.2 Å². The lowest BCUT2D eigenvalue weighted by molar-refractivity contribution is -0.197. The Kier molecular flexibility index (Phi) is 11.1. The zero-order valence-electron chi connectivity index (χ0n) is 23.3. The van der Waals surface area contributed by atoms with Gasteiger partial charge in [0.2, 0.25) is 0 Å². The predicted octanol–water partition coefficient (Wildman–Crippen LogP) is 5.29. The molecule has 1 aliphatic rings. The molecule has 0 radical (unpaired) electrons. The van der Waals surface area contributed by atoms with Crippen molar-refractivity contribution in [3.63, 3.8) is 0 Å². The number of hydrogen-bond donors (Lipinski definition) is 2. The lowest BCUT2D eigenvalue weighted by Gasteiger charge is -2.46. The molecule has 4 aromatic rings. The van der Waals surface area contributed by atoms with E-state index in [1.54, 1.807) is 0 Å². The molecule has 5 atom stereocenters. The summed E-state index contributed by atoms with van der Waals surface area (Å²) in [5.41, 5.74) is 4.29. The van der Waals surface area contributed by atoms with Crippen LogP contribution in [0.1, 0.15) is 22.3 Å². The van der Waals surface area contributed by atoms with Crippen molar-refractivity contribution >= 4 is 0 Å².